The zero-order valence-electron chi connectivity index (χ0n) is 15.9. The van der Waals surface area contributed by atoms with Crippen LogP contribution >= 0.6 is 11.6 Å². The number of aliphatic imine (C=N–C) groups is 1. The predicted octanol–water partition coefficient (Wildman–Crippen LogP) is 4.02. The molecule has 1 heterocycles. The SMILES string of the molecule is CC(C)CCNC(=O)[C@H](CC(C)C)N=CC1C(=O)Nc2cc(Cl)ccc21. The van der Waals surface area contributed by atoms with Crippen molar-refractivity contribution >= 4 is 35.3 Å². The van der Waals surface area contributed by atoms with Gasteiger partial charge in [-0.15, -0.1) is 0 Å². The summed E-state index contributed by atoms with van der Waals surface area (Å²) in [6.45, 7) is 9.01. The summed E-state index contributed by atoms with van der Waals surface area (Å²) in [5.41, 5.74) is 1.55. The van der Waals surface area contributed by atoms with Crippen LogP contribution in [0, 0.1) is 11.8 Å². The van der Waals surface area contributed by atoms with Crippen LogP contribution in [0.1, 0.15) is 52.0 Å². The number of hydrogen-bond acceptors (Lipinski definition) is 3. The van der Waals surface area contributed by atoms with Gasteiger partial charge in [-0.3, -0.25) is 14.6 Å². The second-order valence-electron chi connectivity index (χ2n) is 7.62. The molecule has 1 aromatic carbocycles. The molecule has 142 valence electrons. The molecule has 0 spiro atoms. The molecule has 0 radical (unpaired) electrons. The Hall–Kier alpha value is -1.88. The Morgan fingerprint density at radius 2 is 2.04 bits per heavy atom. The van der Waals surface area contributed by atoms with Crippen LogP contribution in [0.5, 0.6) is 0 Å². The molecule has 5 nitrogen and oxygen atoms in total. The van der Waals surface area contributed by atoms with Crippen molar-refractivity contribution in [1.82, 2.24) is 5.32 Å². The van der Waals surface area contributed by atoms with E-state index in [9.17, 15) is 9.59 Å². The largest absolute Gasteiger partial charge is 0.354 e. The van der Waals surface area contributed by atoms with Crippen LogP contribution in [-0.2, 0) is 9.59 Å². The van der Waals surface area contributed by atoms with Gasteiger partial charge in [-0.05, 0) is 42.4 Å². The van der Waals surface area contributed by atoms with Gasteiger partial charge >= 0.3 is 0 Å². The molecule has 1 aromatic rings. The monoisotopic (exact) mass is 377 g/mol. The lowest BCUT2D eigenvalue weighted by Gasteiger charge is -2.16. The topological polar surface area (TPSA) is 70.6 Å². The zero-order chi connectivity index (χ0) is 19.3. The normalized spacial score (nSPS) is 17.7. The molecule has 2 rings (SSSR count). The van der Waals surface area contributed by atoms with Crippen LogP contribution in [0.15, 0.2) is 23.2 Å². The highest BCUT2D eigenvalue weighted by atomic mass is 35.5. The number of nitrogens with zero attached hydrogens (tertiary/aromatic N) is 1. The smallest absolute Gasteiger partial charge is 0.244 e. The van der Waals surface area contributed by atoms with Crippen LogP contribution in [0.25, 0.3) is 0 Å². The van der Waals surface area contributed by atoms with E-state index < -0.39 is 12.0 Å². The van der Waals surface area contributed by atoms with E-state index in [0.717, 1.165) is 12.0 Å². The Kier molecular flexibility index (Phi) is 7.21. The molecule has 0 bridgehead atoms. The average Bonchev–Trinajstić information content (AvgIpc) is 2.85. The first-order chi connectivity index (χ1) is 12.3. The molecule has 2 amide bonds. The van der Waals surface area contributed by atoms with E-state index in [4.69, 9.17) is 11.6 Å². The summed E-state index contributed by atoms with van der Waals surface area (Å²) >= 11 is 5.98. The molecule has 2 atom stereocenters. The van der Waals surface area contributed by atoms with E-state index >= 15 is 0 Å². The van der Waals surface area contributed by atoms with Crippen molar-refractivity contribution in [3.8, 4) is 0 Å². The molecule has 0 fully saturated rings. The second-order valence-corrected chi connectivity index (χ2v) is 8.05. The molecule has 0 aromatic heterocycles. The number of benzene rings is 1. The van der Waals surface area contributed by atoms with Crippen LogP contribution in [0.3, 0.4) is 0 Å². The number of hydrogen-bond donors (Lipinski definition) is 2. The first-order valence-corrected chi connectivity index (χ1v) is 9.57. The molecule has 2 N–H and O–H groups in total. The number of carbonyl (C=O) groups is 2. The first-order valence-electron chi connectivity index (χ1n) is 9.19. The molecule has 1 aliphatic rings. The van der Waals surface area contributed by atoms with E-state index in [1.54, 1.807) is 18.3 Å². The molecular formula is C20H28ClN3O2. The number of rotatable bonds is 8. The van der Waals surface area contributed by atoms with Crippen LogP contribution < -0.4 is 10.6 Å². The van der Waals surface area contributed by atoms with Gasteiger partial charge in [0, 0.05) is 23.5 Å². The minimum Gasteiger partial charge on any atom is -0.354 e. The van der Waals surface area contributed by atoms with E-state index in [2.05, 4.69) is 43.3 Å². The standard InChI is InChI=1S/C20H28ClN3O2/c1-12(2)7-8-22-20(26)18(9-13(3)4)23-11-16-15-6-5-14(21)10-17(15)24-19(16)25/h5-6,10-13,16,18H,7-9H2,1-4H3,(H,22,26)(H,24,25)/t16?,18-/m0/s1. The third-order valence-corrected chi connectivity index (χ3v) is 4.56. The molecule has 0 saturated heterocycles. The van der Waals surface area contributed by atoms with E-state index in [0.29, 0.717) is 35.5 Å². The van der Waals surface area contributed by atoms with Gasteiger partial charge in [-0.1, -0.05) is 45.4 Å². The van der Waals surface area contributed by atoms with Crippen LogP contribution in [0.4, 0.5) is 5.69 Å². The van der Waals surface area contributed by atoms with Crippen molar-refractivity contribution in [2.24, 2.45) is 16.8 Å². The molecule has 0 saturated carbocycles. The summed E-state index contributed by atoms with van der Waals surface area (Å²) in [4.78, 5) is 29.2. The van der Waals surface area contributed by atoms with E-state index in [1.165, 1.54) is 0 Å². The van der Waals surface area contributed by atoms with Crippen molar-refractivity contribution in [3.63, 3.8) is 0 Å². The molecule has 1 aliphatic heterocycles. The fourth-order valence-electron chi connectivity index (χ4n) is 2.88. The van der Waals surface area contributed by atoms with Crippen molar-refractivity contribution in [2.75, 3.05) is 11.9 Å². The van der Waals surface area contributed by atoms with Crippen molar-refractivity contribution in [2.45, 2.75) is 52.5 Å². The predicted molar refractivity (Wildman–Crippen MR) is 107 cm³/mol. The van der Waals surface area contributed by atoms with Crippen molar-refractivity contribution in [1.29, 1.82) is 0 Å². The van der Waals surface area contributed by atoms with Crippen molar-refractivity contribution in [3.05, 3.63) is 28.8 Å². The molecule has 0 aliphatic carbocycles. The van der Waals surface area contributed by atoms with Gasteiger partial charge in [-0.2, -0.15) is 0 Å². The maximum absolute atomic E-state index is 12.5. The number of nitrogens with one attached hydrogen (secondary N) is 2. The van der Waals surface area contributed by atoms with Crippen LogP contribution in [-0.4, -0.2) is 30.6 Å². The Morgan fingerprint density at radius 3 is 2.69 bits per heavy atom. The van der Waals surface area contributed by atoms with Gasteiger partial charge in [0.25, 0.3) is 0 Å². The van der Waals surface area contributed by atoms with Crippen molar-refractivity contribution < 1.29 is 9.59 Å². The highest BCUT2D eigenvalue weighted by Gasteiger charge is 2.30. The Balaban J connectivity index is 2.10. The summed E-state index contributed by atoms with van der Waals surface area (Å²) in [6, 6.07) is 4.83. The summed E-state index contributed by atoms with van der Waals surface area (Å²) in [5, 5.41) is 6.35. The van der Waals surface area contributed by atoms with Gasteiger partial charge in [-0.25, -0.2) is 0 Å². The number of amides is 2. The fraction of sp³-hybridized carbons (Fsp3) is 0.550. The summed E-state index contributed by atoms with van der Waals surface area (Å²) in [7, 11) is 0. The molecule has 26 heavy (non-hydrogen) atoms. The Morgan fingerprint density at radius 1 is 1.31 bits per heavy atom. The zero-order valence-corrected chi connectivity index (χ0v) is 16.6. The van der Waals surface area contributed by atoms with Gasteiger partial charge in [0.05, 0.1) is 0 Å². The van der Waals surface area contributed by atoms with Crippen LogP contribution in [0.2, 0.25) is 5.02 Å². The Labute approximate surface area is 160 Å². The maximum atomic E-state index is 12.5. The van der Waals surface area contributed by atoms with E-state index in [1.807, 2.05) is 6.07 Å². The lowest BCUT2D eigenvalue weighted by atomic mass is 10.0. The maximum Gasteiger partial charge on any atom is 0.244 e. The lowest BCUT2D eigenvalue weighted by Crippen LogP contribution is -2.35. The summed E-state index contributed by atoms with van der Waals surface area (Å²) in [5.74, 6) is 0.157. The molecule has 6 heteroatoms. The fourth-order valence-corrected chi connectivity index (χ4v) is 3.05. The Bertz CT molecular complexity index is 686. The second kappa shape index (κ2) is 9.17. The highest BCUT2D eigenvalue weighted by Crippen LogP contribution is 2.33. The lowest BCUT2D eigenvalue weighted by molar-refractivity contribution is -0.122. The molecule has 1 unspecified atom stereocenters. The average molecular weight is 378 g/mol. The number of anilines is 1. The number of fused-ring (bicyclic) bond motifs is 1. The van der Waals surface area contributed by atoms with E-state index in [-0.39, 0.29) is 11.8 Å². The minimum atomic E-state index is -0.486. The van der Waals surface area contributed by atoms with Gasteiger partial charge < -0.3 is 10.6 Å². The van der Waals surface area contributed by atoms with Gasteiger partial charge in [0.15, 0.2) is 0 Å². The third kappa shape index (κ3) is 5.56. The molecular weight excluding hydrogens is 350 g/mol. The summed E-state index contributed by atoms with van der Waals surface area (Å²) < 4.78 is 0. The number of carbonyl (C=O) groups excluding carboxylic acids is 2. The third-order valence-electron chi connectivity index (χ3n) is 4.32. The summed E-state index contributed by atoms with van der Waals surface area (Å²) in [6.07, 6.45) is 3.18. The van der Waals surface area contributed by atoms with Gasteiger partial charge in [0.1, 0.15) is 12.0 Å². The quantitative estimate of drug-likeness (QED) is 0.671. The highest BCUT2D eigenvalue weighted by molar-refractivity contribution is 6.31. The van der Waals surface area contributed by atoms with Gasteiger partial charge in [0.2, 0.25) is 11.8 Å². The number of halogens is 1. The first kappa shape index (κ1) is 20.4. The minimum absolute atomic E-state index is 0.0784.